The molecule has 3 aromatic heterocycles. The van der Waals surface area contributed by atoms with Gasteiger partial charge in [-0.25, -0.2) is 4.98 Å². The number of imidazole rings is 1. The lowest BCUT2D eigenvalue weighted by atomic mass is 10.1. The van der Waals surface area contributed by atoms with E-state index in [0.29, 0.717) is 0 Å². The molecule has 21 heavy (non-hydrogen) atoms. The summed E-state index contributed by atoms with van der Waals surface area (Å²) in [6.45, 7) is 9.25. The fourth-order valence-electron chi connectivity index (χ4n) is 1.81. The van der Waals surface area contributed by atoms with Crippen LogP contribution in [0.2, 0.25) is 0 Å². The van der Waals surface area contributed by atoms with E-state index >= 15 is 0 Å². The van der Waals surface area contributed by atoms with Crippen molar-refractivity contribution in [2.24, 2.45) is 0 Å². The van der Waals surface area contributed by atoms with E-state index in [1.165, 1.54) is 5.69 Å². The van der Waals surface area contributed by atoms with Crippen LogP contribution in [0.15, 0.2) is 20.9 Å². The normalized spacial score (nSPS) is 12.4. The molecule has 0 aliphatic carbocycles. The van der Waals surface area contributed by atoms with Gasteiger partial charge in [-0.15, -0.1) is 21.5 Å². The Morgan fingerprint density at radius 3 is 2.81 bits per heavy atom. The zero-order valence-electron chi connectivity index (χ0n) is 12.4. The summed E-state index contributed by atoms with van der Waals surface area (Å²) in [7, 11) is 0. The van der Waals surface area contributed by atoms with Gasteiger partial charge in [0.1, 0.15) is 10.0 Å². The van der Waals surface area contributed by atoms with Gasteiger partial charge in [0.25, 0.3) is 0 Å². The van der Waals surface area contributed by atoms with Gasteiger partial charge >= 0.3 is 0 Å². The molecule has 0 unspecified atom stereocenters. The first-order chi connectivity index (χ1) is 9.92. The molecule has 3 heterocycles. The van der Waals surface area contributed by atoms with Crippen molar-refractivity contribution in [2.75, 3.05) is 0 Å². The first-order valence-corrected chi connectivity index (χ1v) is 9.11. The summed E-state index contributed by atoms with van der Waals surface area (Å²) >= 11 is 4.85. The molecular weight excluding hydrogens is 322 g/mol. The Morgan fingerprint density at radius 1 is 1.33 bits per heavy atom. The SMILES string of the molecule is Cc1nnc(Sc2nc3sccn3c2CNC(C)(C)C)s1. The third-order valence-corrected chi connectivity index (χ3v) is 5.47. The van der Waals surface area contributed by atoms with Crippen LogP contribution in [0.3, 0.4) is 0 Å². The number of aromatic nitrogens is 4. The largest absolute Gasteiger partial charge is 0.306 e. The number of nitrogens with one attached hydrogen (secondary N) is 1. The third-order valence-electron chi connectivity index (χ3n) is 2.80. The summed E-state index contributed by atoms with van der Waals surface area (Å²) in [5, 5.41) is 15.8. The Kier molecular flexibility index (Phi) is 4.04. The molecular formula is C13H17N5S3. The monoisotopic (exact) mass is 339 g/mol. The number of hydrogen-bond donors (Lipinski definition) is 1. The molecule has 3 rings (SSSR count). The van der Waals surface area contributed by atoms with Gasteiger partial charge in [0.05, 0.1) is 5.69 Å². The minimum atomic E-state index is 0.0709. The quantitative estimate of drug-likeness (QED) is 0.787. The molecule has 0 spiro atoms. The van der Waals surface area contributed by atoms with Crippen LogP contribution in [0.1, 0.15) is 31.5 Å². The zero-order chi connectivity index (χ0) is 15.0. The lowest BCUT2D eigenvalue weighted by Crippen LogP contribution is -2.35. The second kappa shape index (κ2) is 5.68. The maximum Gasteiger partial charge on any atom is 0.194 e. The molecule has 0 atom stereocenters. The molecule has 5 nitrogen and oxygen atoms in total. The zero-order valence-corrected chi connectivity index (χ0v) is 14.8. The molecule has 0 saturated carbocycles. The lowest BCUT2D eigenvalue weighted by Gasteiger charge is -2.20. The summed E-state index contributed by atoms with van der Waals surface area (Å²) in [6.07, 6.45) is 2.07. The Hall–Kier alpha value is -0.960. The van der Waals surface area contributed by atoms with E-state index in [1.807, 2.05) is 6.92 Å². The summed E-state index contributed by atoms with van der Waals surface area (Å²) in [4.78, 5) is 5.74. The van der Waals surface area contributed by atoms with Crippen LogP contribution in [-0.4, -0.2) is 25.1 Å². The van der Waals surface area contributed by atoms with Gasteiger partial charge in [-0.2, -0.15) is 0 Å². The van der Waals surface area contributed by atoms with Gasteiger partial charge in [0.15, 0.2) is 9.30 Å². The lowest BCUT2D eigenvalue weighted by molar-refractivity contribution is 0.418. The van der Waals surface area contributed by atoms with Crippen LogP contribution < -0.4 is 5.32 Å². The maximum atomic E-state index is 4.72. The molecule has 1 N–H and O–H groups in total. The van der Waals surface area contributed by atoms with E-state index in [4.69, 9.17) is 4.98 Å². The second-order valence-corrected chi connectivity index (χ2v) is 9.00. The fraction of sp³-hybridized carbons (Fsp3) is 0.462. The average molecular weight is 340 g/mol. The molecule has 0 aromatic carbocycles. The van der Waals surface area contributed by atoms with Gasteiger partial charge < -0.3 is 5.32 Å². The Morgan fingerprint density at radius 2 is 2.14 bits per heavy atom. The molecule has 3 aromatic rings. The predicted octanol–water partition coefficient (Wildman–Crippen LogP) is 3.60. The maximum absolute atomic E-state index is 4.72. The van der Waals surface area contributed by atoms with Gasteiger partial charge in [-0.3, -0.25) is 4.40 Å². The topological polar surface area (TPSA) is 55.1 Å². The molecule has 112 valence electrons. The van der Waals surface area contributed by atoms with Gasteiger partial charge in [0.2, 0.25) is 0 Å². The average Bonchev–Trinajstić information content (AvgIpc) is 3.03. The highest BCUT2D eigenvalue weighted by Gasteiger charge is 2.18. The van der Waals surface area contributed by atoms with E-state index in [2.05, 4.69) is 52.3 Å². The van der Waals surface area contributed by atoms with Crippen LogP contribution in [-0.2, 0) is 6.54 Å². The number of aryl methyl sites for hydroxylation is 1. The first kappa shape index (κ1) is 15.0. The van der Waals surface area contributed by atoms with Crippen LogP contribution in [0.25, 0.3) is 4.96 Å². The molecule has 0 fully saturated rings. The second-order valence-electron chi connectivity index (χ2n) is 5.71. The smallest absolute Gasteiger partial charge is 0.194 e. The molecule has 0 saturated heterocycles. The molecule has 8 heteroatoms. The number of fused-ring (bicyclic) bond motifs is 1. The van der Waals surface area contributed by atoms with Crippen molar-refractivity contribution in [1.82, 2.24) is 24.9 Å². The van der Waals surface area contributed by atoms with E-state index in [9.17, 15) is 0 Å². The van der Waals surface area contributed by atoms with Crippen molar-refractivity contribution in [2.45, 2.75) is 49.1 Å². The van der Waals surface area contributed by atoms with Gasteiger partial charge in [0, 0.05) is 23.7 Å². The van der Waals surface area contributed by atoms with Crippen molar-refractivity contribution in [1.29, 1.82) is 0 Å². The predicted molar refractivity (Wildman–Crippen MR) is 88.4 cm³/mol. The number of rotatable bonds is 4. The Bertz CT molecular complexity index is 749. The molecule has 0 radical (unpaired) electrons. The Labute approximate surface area is 135 Å². The van der Waals surface area contributed by atoms with Crippen molar-refractivity contribution in [3.8, 4) is 0 Å². The standard InChI is InChI=1S/C13H17N5S3/c1-8-16-17-12(20-8)21-10-9(7-14-13(2,3)4)18-5-6-19-11(18)15-10/h5-6,14H,7H2,1-4H3. The van der Waals surface area contributed by atoms with E-state index < -0.39 is 0 Å². The first-order valence-electron chi connectivity index (χ1n) is 6.60. The van der Waals surface area contributed by atoms with Crippen LogP contribution >= 0.6 is 34.4 Å². The van der Waals surface area contributed by atoms with E-state index in [-0.39, 0.29) is 5.54 Å². The van der Waals surface area contributed by atoms with Crippen molar-refractivity contribution in [3.05, 3.63) is 22.3 Å². The van der Waals surface area contributed by atoms with E-state index in [1.54, 1.807) is 34.4 Å². The number of hydrogen-bond acceptors (Lipinski definition) is 7. The highest BCUT2D eigenvalue weighted by Crippen LogP contribution is 2.33. The molecule has 0 aliphatic rings. The number of nitrogens with zero attached hydrogens (tertiary/aromatic N) is 4. The Balaban J connectivity index is 1.91. The van der Waals surface area contributed by atoms with Crippen LogP contribution in [0, 0.1) is 6.92 Å². The summed E-state index contributed by atoms with van der Waals surface area (Å²) in [6, 6.07) is 0. The molecule has 0 aliphatic heterocycles. The van der Waals surface area contributed by atoms with Crippen LogP contribution in [0.5, 0.6) is 0 Å². The molecule has 0 amide bonds. The third kappa shape index (κ3) is 3.45. The minimum absolute atomic E-state index is 0.0709. The van der Waals surface area contributed by atoms with Crippen molar-refractivity contribution < 1.29 is 0 Å². The fourth-order valence-corrected chi connectivity index (χ4v) is 4.45. The minimum Gasteiger partial charge on any atom is -0.306 e. The summed E-state index contributed by atoms with van der Waals surface area (Å²) in [5.41, 5.74) is 1.25. The van der Waals surface area contributed by atoms with Crippen molar-refractivity contribution >= 4 is 39.4 Å². The number of thiazole rings is 1. The summed E-state index contributed by atoms with van der Waals surface area (Å²) in [5.74, 6) is 0. The van der Waals surface area contributed by atoms with E-state index in [0.717, 1.165) is 25.9 Å². The highest BCUT2D eigenvalue weighted by atomic mass is 32.2. The highest BCUT2D eigenvalue weighted by molar-refractivity contribution is 8.01. The van der Waals surface area contributed by atoms with Crippen LogP contribution in [0.4, 0.5) is 0 Å². The van der Waals surface area contributed by atoms with Gasteiger partial charge in [-0.05, 0) is 39.5 Å². The van der Waals surface area contributed by atoms with Crippen molar-refractivity contribution in [3.63, 3.8) is 0 Å². The molecule has 0 bridgehead atoms. The van der Waals surface area contributed by atoms with Gasteiger partial charge in [-0.1, -0.05) is 11.3 Å². The summed E-state index contributed by atoms with van der Waals surface area (Å²) < 4.78 is 3.09.